The average Bonchev–Trinajstić information content (AvgIpc) is 2.98. The zero-order valence-corrected chi connectivity index (χ0v) is 26.2. The van der Waals surface area contributed by atoms with Crippen molar-refractivity contribution in [3.8, 4) is 5.75 Å². The Labute approximate surface area is 249 Å². The number of benzene rings is 2. The van der Waals surface area contributed by atoms with E-state index in [2.05, 4.69) is 52.8 Å². The summed E-state index contributed by atoms with van der Waals surface area (Å²) in [5.74, 6) is 1.08. The first-order valence-corrected chi connectivity index (χ1v) is 16.4. The molecule has 224 valence electrons. The fourth-order valence-electron chi connectivity index (χ4n) is 7.67. The van der Waals surface area contributed by atoms with Gasteiger partial charge in [0.2, 0.25) is 5.91 Å². The van der Waals surface area contributed by atoms with E-state index in [0.717, 1.165) is 56.3 Å². The van der Waals surface area contributed by atoms with Gasteiger partial charge in [0.25, 0.3) is 0 Å². The molecule has 1 saturated carbocycles. The van der Waals surface area contributed by atoms with E-state index in [1.807, 2.05) is 32.0 Å². The molecule has 41 heavy (non-hydrogen) atoms. The predicted molar refractivity (Wildman–Crippen MR) is 169 cm³/mol. The highest BCUT2D eigenvalue weighted by molar-refractivity contribution is 5.79. The van der Waals surface area contributed by atoms with E-state index in [-0.39, 0.29) is 17.4 Å². The summed E-state index contributed by atoms with van der Waals surface area (Å²) in [7, 11) is 0. The Balaban J connectivity index is 1.27. The fraction of sp³-hybridized carbons (Fsp3) is 0.639. The van der Waals surface area contributed by atoms with Crippen LogP contribution in [0.2, 0.25) is 0 Å². The summed E-state index contributed by atoms with van der Waals surface area (Å²) in [6.45, 7) is 16.1. The number of rotatable bonds is 9. The van der Waals surface area contributed by atoms with Crippen LogP contribution in [0.4, 0.5) is 0 Å². The lowest BCUT2D eigenvalue weighted by molar-refractivity contribution is -0.132. The number of amides is 1. The second kappa shape index (κ2) is 13.7. The molecule has 1 aliphatic carbocycles. The zero-order valence-electron chi connectivity index (χ0n) is 26.2. The van der Waals surface area contributed by atoms with Crippen LogP contribution in [-0.4, -0.2) is 78.6 Å². The van der Waals surface area contributed by atoms with E-state index in [1.54, 1.807) is 0 Å². The number of aryl methyl sites for hydroxylation is 2. The van der Waals surface area contributed by atoms with Crippen molar-refractivity contribution in [1.82, 2.24) is 14.7 Å². The summed E-state index contributed by atoms with van der Waals surface area (Å²) in [4.78, 5) is 21.4. The number of piperazine rings is 1. The predicted octanol–water partition coefficient (Wildman–Crippen LogP) is 6.53. The third-order valence-electron chi connectivity index (χ3n) is 9.92. The molecule has 0 aromatic heterocycles. The van der Waals surface area contributed by atoms with Crippen molar-refractivity contribution in [3.05, 3.63) is 64.7 Å². The highest BCUT2D eigenvalue weighted by Gasteiger charge is 2.40. The molecule has 3 fully saturated rings. The van der Waals surface area contributed by atoms with Crippen molar-refractivity contribution in [2.24, 2.45) is 0 Å². The molecular formula is C36H53N3O2. The van der Waals surface area contributed by atoms with Crippen LogP contribution in [0.25, 0.3) is 0 Å². The molecule has 2 aromatic carbocycles. The summed E-state index contributed by atoms with van der Waals surface area (Å²) in [6, 6.07) is 15.8. The minimum atomic E-state index is 0.00706. The number of carbonyl (C=O) groups is 1. The smallest absolute Gasteiger partial charge is 0.227 e. The van der Waals surface area contributed by atoms with Gasteiger partial charge in [-0.1, -0.05) is 55.2 Å². The first-order chi connectivity index (χ1) is 19.8. The van der Waals surface area contributed by atoms with Crippen molar-refractivity contribution in [2.75, 3.05) is 45.8 Å². The lowest BCUT2D eigenvalue weighted by Crippen LogP contribution is -2.53. The molecule has 5 nitrogen and oxygen atoms in total. The molecule has 0 bridgehead atoms. The van der Waals surface area contributed by atoms with E-state index in [4.69, 9.17) is 4.74 Å². The molecule has 1 unspecified atom stereocenters. The number of likely N-dealkylation sites (tertiary alicyclic amines) is 1. The van der Waals surface area contributed by atoms with Crippen LogP contribution in [0.3, 0.4) is 0 Å². The normalized spacial score (nSPS) is 23.2. The topological polar surface area (TPSA) is 36.0 Å². The van der Waals surface area contributed by atoms with Gasteiger partial charge >= 0.3 is 0 Å². The van der Waals surface area contributed by atoms with Crippen LogP contribution >= 0.6 is 0 Å². The summed E-state index contributed by atoms with van der Waals surface area (Å²) in [5, 5.41) is 0. The number of hydrogen-bond acceptors (Lipinski definition) is 4. The highest BCUT2D eigenvalue weighted by Crippen LogP contribution is 2.40. The van der Waals surface area contributed by atoms with Gasteiger partial charge in [0.05, 0.1) is 12.5 Å². The van der Waals surface area contributed by atoms with Crippen LogP contribution in [-0.2, 0) is 16.6 Å². The van der Waals surface area contributed by atoms with Gasteiger partial charge in [0.1, 0.15) is 5.75 Å². The van der Waals surface area contributed by atoms with E-state index >= 15 is 0 Å². The lowest BCUT2D eigenvalue weighted by Gasteiger charge is -2.46. The van der Waals surface area contributed by atoms with Crippen molar-refractivity contribution >= 4 is 5.91 Å². The van der Waals surface area contributed by atoms with Crippen LogP contribution < -0.4 is 4.74 Å². The number of ether oxygens (including phenoxy) is 1. The molecule has 2 heterocycles. The van der Waals surface area contributed by atoms with Crippen molar-refractivity contribution in [1.29, 1.82) is 0 Å². The zero-order chi connectivity index (χ0) is 28.8. The minimum Gasteiger partial charge on any atom is -0.491 e. The number of carbonyl (C=O) groups excluding carboxylic acids is 1. The molecule has 5 heteroatoms. The Bertz CT molecular complexity index is 1150. The van der Waals surface area contributed by atoms with Crippen LogP contribution in [0, 0.1) is 13.8 Å². The Morgan fingerprint density at radius 1 is 0.951 bits per heavy atom. The van der Waals surface area contributed by atoms with Gasteiger partial charge in [-0.05, 0) is 95.2 Å². The summed E-state index contributed by atoms with van der Waals surface area (Å²) < 4.78 is 5.90. The number of piperidine rings is 1. The van der Waals surface area contributed by atoms with Crippen molar-refractivity contribution < 1.29 is 9.53 Å². The molecular weight excluding hydrogens is 506 g/mol. The van der Waals surface area contributed by atoms with Gasteiger partial charge in [-0.15, -0.1) is 0 Å². The molecule has 5 rings (SSSR count). The number of hydrogen-bond donors (Lipinski definition) is 0. The van der Waals surface area contributed by atoms with Gasteiger partial charge in [0.15, 0.2) is 0 Å². The van der Waals surface area contributed by atoms with Gasteiger partial charge < -0.3 is 14.5 Å². The first-order valence-electron chi connectivity index (χ1n) is 16.4. The summed E-state index contributed by atoms with van der Waals surface area (Å²) >= 11 is 0. The van der Waals surface area contributed by atoms with Gasteiger partial charge in [-0.2, -0.15) is 0 Å². The third-order valence-corrected chi connectivity index (χ3v) is 9.92. The Morgan fingerprint density at radius 2 is 1.73 bits per heavy atom. The molecule has 1 amide bonds. The molecule has 0 N–H and O–H groups in total. The second-order valence-corrected chi connectivity index (χ2v) is 13.4. The van der Waals surface area contributed by atoms with Crippen molar-refractivity contribution in [3.63, 3.8) is 0 Å². The van der Waals surface area contributed by atoms with Crippen LogP contribution in [0.1, 0.15) is 87.5 Å². The van der Waals surface area contributed by atoms with E-state index in [9.17, 15) is 4.79 Å². The monoisotopic (exact) mass is 559 g/mol. The molecule has 0 spiro atoms. The molecule has 3 aliphatic rings. The van der Waals surface area contributed by atoms with E-state index in [1.165, 1.54) is 75.0 Å². The van der Waals surface area contributed by atoms with Crippen molar-refractivity contribution in [2.45, 2.75) is 103 Å². The highest BCUT2D eigenvalue weighted by atomic mass is 16.5. The number of nitrogens with zero attached hydrogens (tertiary/aromatic N) is 3. The molecule has 0 radical (unpaired) electrons. The maximum absolute atomic E-state index is 13.7. The minimum absolute atomic E-state index is 0.00706. The molecule has 2 aromatic rings. The lowest BCUT2D eigenvalue weighted by atomic mass is 9.69. The maximum atomic E-state index is 13.7. The Kier molecular flexibility index (Phi) is 10.1. The van der Waals surface area contributed by atoms with Gasteiger partial charge in [-0.3, -0.25) is 9.69 Å². The molecule has 1 atom stereocenters. The van der Waals surface area contributed by atoms with Gasteiger partial charge in [-0.25, -0.2) is 0 Å². The summed E-state index contributed by atoms with van der Waals surface area (Å²) in [5.41, 5.74) is 5.18. The summed E-state index contributed by atoms with van der Waals surface area (Å²) in [6.07, 6.45) is 10.9. The fourth-order valence-corrected chi connectivity index (χ4v) is 7.67. The quantitative estimate of drug-likeness (QED) is 0.350. The molecule has 2 aliphatic heterocycles. The first kappa shape index (κ1) is 30.1. The standard InChI is InChI=1S/C36H53N3O2/c1-28(2)41-33-13-8-10-31(25-33)26-35(40)39-18-9-16-36(27-39,34-24-29(3)14-15-30(34)4)17-19-37-20-22-38(23-21-37)32-11-6-5-7-12-32/h8,10,13-15,24-25,28,32H,5-7,9,11-12,16-23,26-27H2,1-4H3. The maximum Gasteiger partial charge on any atom is 0.227 e. The second-order valence-electron chi connectivity index (χ2n) is 13.4. The molecule has 2 saturated heterocycles. The van der Waals surface area contributed by atoms with Gasteiger partial charge in [0, 0.05) is 50.7 Å². The third kappa shape index (κ3) is 7.73. The SMILES string of the molecule is Cc1ccc(C)c(C2(CCN3CCN(C4CCCCC4)CC3)CCCN(C(=O)Cc3cccc(OC(C)C)c3)C2)c1. The Hall–Kier alpha value is -2.37. The van der Waals surface area contributed by atoms with E-state index in [0.29, 0.717) is 6.42 Å². The van der Waals surface area contributed by atoms with E-state index < -0.39 is 0 Å². The van der Waals surface area contributed by atoms with Crippen LogP contribution in [0.5, 0.6) is 5.75 Å². The average molecular weight is 560 g/mol. The largest absolute Gasteiger partial charge is 0.491 e. The van der Waals surface area contributed by atoms with Crippen LogP contribution in [0.15, 0.2) is 42.5 Å². The Morgan fingerprint density at radius 3 is 2.49 bits per heavy atom.